The van der Waals surface area contributed by atoms with Gasteiger partial charge in [-0.2, -0.15) is 8.96 Å². The zero-order valence-corrected chi connectivity index (χ0v) is 10.1. The number of aromatic nitrogens is 4. The van der Waals surface area contributed by atoms with Crippen LogP contribution in [-0.4, -0.2) is 25.0 Å². The molecule has 0 radical (unpaired) electrons. The molecular weight excluding hydrogens is 255 g/mol. The first-order chi connectivity index (χ1) is 9.00. The van der Waals surface area contributed by atoms with Crippen molar-refractivity contribution in [3.05, 3.63) is 51.1 Å². The highest BCUT2D eigenvalue weighted by atomic mass is 19.1. The number of aryl methyl sites for hydroxylation is 2. The summed E-state index contributed by atoms with van der Waals surface area (Å²) in [6, 6.07) is 0. The van der Waals surface area contributed by atoms with Gasteiger partial charge in [-0.3, -0.25) is 9.59 Å². The van der Waals surface area contributed by atoms with Gasteiger partial charge in [-0.25, -0.2) is 9.78 Å². The van der Waals surface area contributed by atoms with E-state index < -0.39 is 23.0 Å². The third-order valence-corrected chi connectivity index (χ3v) is 2.67. The highest BCUT2D eigenvalue weighted by molar-refractivity contribution is 5.78. The number of H-pyrrole nitrogens is 1. The van der Waals surface area contributed by atoms with Gasteiger partial charge in [0.05, 0.1) is 0 Å². The standard InChI is InChI=1S/C11H11FN4O3/c1-7-13-3-5-15(7)4-2-9(17)16-10(18)8(12)6-14-11(16)19/h3,5-6H,2,4H2,1H3,(H,14,19). The summed E-state index contributed by atoms with van der Waals surface area (Å²) in [5, 5.41) is 0. The van der Waals surface area contributed by atoms with Crippen LogP contribution in [0.3, 0.4) is 0 Å². The van der Waals surface area contributed by atoms with Crippen LogP contribution in [0.4, 0.5) is 4.39 Å². The number of carbonyl (C=O) groups is 1. The minimum absolute atomic E-state index is 0.108. The number of rotatable bonds is 3. The number of hydrogen-bond donors (Lipinski definition) is 1. The van der Waals surface area contributed by atoms with E-state index in [4.69, 9.17) is 0 Å². The molecule has 2 rings (SSSR count). The van der Waals surface area contributed by atoms with Gasteiger partial charge in [-0.15, -0.1) is 0 Å². The summed E-state index contributed by atoms with van der Waals surface area (Å²) in [6.45, 7) is 2.01. The summed E-state index contributed by atoms with van der Waals surface area (Å²) in [6.07, 6.45) is 3.76. The van der Waals surface area contributed by atoms with Crippen molar-refractivity contribution < 1.29 is 9.18 Å². The molecule has 0 aromatic carbocycles. The SMILES string of the molecule is Cc1nccn1CCC(=O)n1c(=O)[nH]cc(F)c1=O. The molecule has 0 aliphatic carbocycles. The van der Waals surface area contributed by atoms with E-state index in [0.29, 0.717) is 12.0 Å². The van der Waals surface area contributed by atoms with Crippen LogP contribution in [0.1, 0.15) is 17.0 Å². The fourth-order valence-corrected chi connectivity index (χ4v) is 1.64. The molecule has 2 heterocycles. The summed E-state index contributed by atoms with van der Waals surface area (Å²) in [5.74, 6) is -1.24. The van der Waals surface area contributed by atoms with E-state index in [1.807, 2.05) is 4.98 Å². The Kier molecular flexibility index (Phi) is 3.41. The molecular formula is C11H11FN4O3. The minimum Gasteiger partial charge on any atom is -0.335 e. The lowest BCUT2D eigenvalue weighted by Crippen LogP contribution is -2.41. The molecule has 0 amide bonds. The van der Waals surface area contributed by atoms with Gasteiger partial charge >= 0.3 is 5.69 Å². The van der Waals surface area contributed by atoms with Crippen molar-refractivity contribution in [1.29, 1.82) is 0 Å². The van der Waals surface area contributed by atoms with E-state index in [1.165, 1.54) is 0 Å². The number of halogens is 1. The normalized spacial score (nSPS) is 10.6. The Bertz CT molecular complexity index is 728. The van der Waals surface area contributed by atoms with Crippen LogP contribution in [0.15, 0.2) is 28.2 Å². The zero-order chi connectivity index (χ0) is 14.0. The maximum atomic E-state index is 13.0. The Morgan fingerprint density at radius 1 is 1.47 bits per heavy atom. The molecule has 100 valence electrons. The van der Waals surface area contributed by atoms with E-state index in [0.717, 1.165) is 0 Å². The Balaban J connectivity index is 2.22. The molecule has 7 nitrogen and oxygen atoms in total. The molecule has 8 heteroatoms. The second-order valence-electron chi connectivity index (χ2n) is 3.89. The second-order valence-corrected chi connectivity index (χ2v) is 3.89. The molecule has 0 aliphatic rings. The molecule has 0 saturated carbocycles. The monoisotopic (exact) mass is 266 g/mol. The van der Waals surface area contributed by atoms with E-state index in [-0.39, 0.29) is 17.5 Å². The fraction of sp³-hybridized carbons (Fsp3) is 0.273. The molecule has 0 spiro atoms. The van der Waals surface area contributed by atoms with Crippen molar-refractivity contribution in [2.75, 3.05) is 0 Å². The number of carbonyl (C=O) groups excluding carboxylic acids is 1. The van der Waals surface area contributed by atoms with Crippen LogP contribution >= 0.6 is 0 Å². The van der Waals surface area contributed by atoms with Crippen LogP contribution in [0.5, 0.6) is 0 Å². The second kappa shape index (κ2) is 5.01. The van der Waals surface area contributed by atoms with E-state index in [2.05, 4.69) is 4.98 Å². The van der Waals surface area contributed by atoms with Crippen molar-refractivity contribution in [2.45, 2.75) is 19.9 Å². The van der Waals surface area contributed by atoms with E-state index in [9.17, 15) is 18.8 Å². The number of hydrogen-bond acceptors (Lipinski definition) is 4. The van der Waals surface area contributed by atoms with Gasteiger partial charge in [0.1, 0.15) is 5.82 Å². The lowest BCUT2D eigenvalue weighted by atomic mass is 10.3. The van der Waals surface area contributed by atoms with Gasteiger partial charge in [-0.05, 0) is 6.92 Å². The molecule has 0 atom stereocenters. The van der Waals surface area contributed by atoms with Gasteiger partial charge < -0.3 is 9.55 Å². The van der Waals surface area contributed by atoms with Crippen LogP contribution < -0.4 is 11.2 Å². The highest BCUT2D eigenvalue weighted by Gasteiger charge is 2.14. The summed E-state index contributed by atoms with van der Waals surface area (Å²) < 4.78 is 15.0. The molecule has 0 saturated heterocycles. The Morgan fingerprint density at radius 2 is 2.21 bits per heavy atom. The van der Waals surface area contributed by atoms with Crippen molar-refractivity contribution in [3.8, 4) is 0 Å². The van der Waals surface area contributed by atoms with Crippen molar-refractivity contribution in [2.24, 2.45) is 0 Å². The third-order valence-electron chi connectivity index (χ3n) is 2.67. The van der Waals surface area contributed by atoms with Gasteiger partial charge in [0.25, 0.3) is 5.56 Å². The number of nitrogens with one attached hydrogen (secondary N) is 1. The molecule has 0 unspecified atom stereocenters. The van der Waals surface area contributed by atoms with Crippen molar-refractivity contribution in [1.82, 2.24) is 19.1 Å². The number of imidazole rings is 1. The number of nitrogens with zero attached hydrogens (tertiary/aromatic N) is 3. The first-order valence-corrected chi connectivity index (χ1v) is 5.52. The molecule has 2 aromatic heterocycles. The first-order valence-electron chi connectivity index (χ1n) is 5.52. The summed E-state index contributed by atoms with van der Waals surface area (Å²) >= 11 is 0. The van der Waals surface area contributed by atoms with Crippen LogP contribution in [0, 0.1) is 12.7 Å². The van der Waals surface area contributed by atoms with Crippen LogP contribution in [0.25, 0.3) is 0 Å². The molecule has 19 heavy (non-hydrogen) atoms. The zero-order valence-electron chi connectivity index (χ0n) is 10.1. The molecule has 0 bridgehead atoms. The summed E-state index contributed by atoms with van der Waals surface area (Å²) in [5.41, 5.74) is -2.19. The summed E-state index contributed by atoms with van der Waals surface area (Å²) in [7, 11) is 0. The predicted octanol–water partition coefficient (Wildman–Crippen LogP) is -0.0889. The Labute approximate surface area is 106 Å². The highest BCUT2D eigenvalue weighted by Crippen LogP contribution is 1.98. The van der Waals surface area contributed by atoms with Gasteiger partial charge in [-0.1, -0.05) is 0 Å². The largest absolute Gasteiger partial charge is 0.335 e. The smallest absolute Gasteiger partial charge is 0.335 e. The van der Waals surface area contributed by atoms with Crippen LogP contribution in [0.2, 0.25) is 0 Å². The molecule has 1 N–H and O–H groups in total. The fourth-order valence-electron chi connectivity index (χ4n) is 1.64. The molecule has 0 fully saturated rings. The first kappa shape index (κ1) is 12.9. The average Bonchev–Trinajstić information content (AvgIpc) is 2.77. The minimum atomic E-state index is -1.24. The van der Waals surface area contributed by atoms with E-state index in [1.54, 1.807) is 23.9 Å². The van der Waals surface area contributed by atoms with Crippen LogP contribution in [-0.2, 0) is 6.54 Å². The quantitative estimate of drug-likeness (QED) is 0.840. The Hall–Kier alpha value is -2.51. The average molecular weight is 266 g/mol. The number of aromatic amines is 1. The van der Waals surface area contributed by atoms with Gasteiger partial charge in [0, 0.05) is 31.6 Å². The van der Waals surface area contributed by atoms with Gasteiger partial charge in [0.15, 0.2) is 0 Å². The van der Waals surface area contributed by atoms with Crippen molar-refractivity contribution >= 4 is 5.91 Å². The third kappa shape index (κ3) is 2.51. The lowest BCUT2D eigenvalue weighted by Gasteiger charge is -2.05. The topological polar surface area (TPSA) is 89.8 Å². The van der Waals surface area contributed by atoms with E-state index >= 15 is 0 Å². The predicted molar refractivity (Wildman–Crippen MR) is 63.5 cm³/mol. The maximum absolute atomic E-state index is 13.0. The maximum Gasteiger partial charge on any atom is 0.335 e. The lowest BCUT2D eigenvalue weighted by molar-refractivity contribution is 0.0884. The summed E-state index contributed by atoms with van der Waals surface area (Å²) in [4.78, 5) is 40.5. The molecule has 0 aliphatic heterocycles. The van der Waals surface area contributed by atoms with Crippen molar-refractivity contribution in [3.63, 3.8) is 0 Å². The molecule has 2 aromatic rings. The Morgan fingerprint density at radius 3 is 2.84 bits per heavy atom. The van der Waals surface area contributed by atoms with Gasteiger partial charge in [0.2, 0.25) is 11.7 Å².